The molecule has 0 bridgehead atoms. The van der Waals surface area contributed by atoms with Gasteiger partial charge in [0.1, 0.15) is 7.60 Å². The maximum atomic E-state index is 10.6. The summed E-state index contributed by atoms with van der Waals surface area (Å²) in [6.45, 7) is 0. The summed E-state index contributed by atoms with van der Waals surface area (Å²) < 4.78 is 10.6. The first-order valence-corrected chi connectivity index (χ1v) is 5.29. The Balaban J connectivity index is 0.000001000. The normalized spacial score (nSPS) is 25.3. The van der Waals surface area contributed by atoms with Crippen molar-refractivity contribution in [2.75, 3.05) is 0 Å². The van der Waals surface area contributed by atoms with Crippen LogP contribution in [0.4, 0.5) is 0 Å². The smallest absolute Gasteiger partial charge is 0.778 e. The van der Waals surface area contributed by atoms with Crippen molar-refractivity contribution >= 4 is 7.60 Å². The molecule has 1 N–H and O–H groups in total. The van der Waals surface area contributed by atoms with E-state index in [0.717, 1.165) is 19.3 Å². The van der Waals surface area contributed by atoms with Crippen molar-refractivity contribution in [2.45, 2.75) is 37.8 Å². The van der Waals surface area contributed by atoms with Gasteiger partial charge in [-0.15, -0.1) is 0 Å². The summed E-state index contributed by atoms with van der Waals surface area (Å²) in [5, 5.41) is 0. The third-order valence-electron chi connectivity index (χ3n) is 2.04. The molecular weight excluding hydrogens is 190 g/mol. The fraction of sp³-hybridized carbons (Fsp3) is 1.00. The summed E-state index contributed by atoms with van der Waals surface area (Å²) in [5.74, 6) is 0. The summed E-state index contributed by atoms with van der Waals surface area (Å²) in [5.41, 5.74) is -0.443. The molecule has 0 aliphatic heterocycles. The molecule has 60 valence electrons. The Bertz CT molecular complexity index is 150. The van der Waals surface area contributed by atoms with Gasteiger partial charge in [0.05, 0.1) is 0 Å². The van der Waals surface area contributed by atoms with Gasteiger partial charge in [0.2, 0.25) is 0 Å². The van der Waals surface area contributed by atoms with Crippen molar-refractivity contribution in [1.82, 2.24) is 0 Å². The standard InChI is InChI=1S/C6H13O3P.K/c7-10(8,9)6-4-2-1-3-5-6;/h6H,1-5H2,(H2,7,8,9);/q;+1/p-1. The average Bonchev–Trinajstić information content (AvgIpc) is 1.88. The van der Waals surface area contributed by atoms with E-state index >= 15 is 0 Å². The second kappa shape index (κ2) is 5.50. The van der Waals surface area contributed by atoms with Gasteiger partial charge in [-0.3, -0.25) is 0 Å². The Morgan fingerprint density at radius 3 is 2.00 bits per heavy atom. The molecule has 0 radical (unpaired) electrons. The Kier molecular flexibility index (Phi) is 6.40. The van der Waals surface area contributed by atoms with Crippen LogP contribution in [0.2, 0.25) is 0 Å². The summed E-state index contributed by atoms with van der Waals surface area (Å²) in [4.78, 5) is 19.2. The Labute approximate surface area is 110 Å². The van der Waals surface area contributed by atoms with Crippen molar-refractivity contribution in [1.29, 1.82) is 0 Å². The first-order valence-electron chi connectivity index (χ1n) is 3.64. The van der Waals surface area contributed by atoms with Crippen molar-refractivity contribution in [3.8, 4) is 0 Å². The van der Waals surface area contributed by atoms with Crippen LogP contribution in [0.5, 0.6) is 0 Å². The molecule has 0 aromatic heterocycles. The van der Waals surface area contributed by atoms with E-state index in [1.54, 1.807) is 0 Å². The van der Waals surface area contributed by atoms with E-state index in [9.17, 15) is 9.46 Å². The van der Waals surface area contributed by atoms with Gasteiger partial charge in [-0.25, -0.2) is 0 Å². The Hall–Kier alpha value is 1.79. The molecule has 1 rings (SSSR count). The molecule has 5 heteroatoms. The number of rotatable bonds is 1. The molecule has 3 nitrogen and oxygen atoms in total. The topological polar surface area (TPSA) is 60.4 Å². The number of hydrogen-bond donors (Lipinski definition) is 1. The minimum absolute atomic E-state index is 0. The minimum Gasteiger partial charge on any atom is -0.778 e. The quantitative estimate of drug-likeness (QED) is 0.390. The van der Waals surface area contributed by atoms with Gasteiger partial charge in [-0.2, -0.15) is 0 Å². The van der Waals surface area contributed by atoms with E-state index < -0.39 is 13.3 Å². The van der Waals surface area contributed by atoms with E-state index in [0.29, 0.717) is 12.8 Å². The van der Waals surface area contributed by atoms with E-state index in [1.165, 1.54) is 0 Å². The van der Waals surface area contributed by atoms with E-state index in [2.05, 4.69) is 0 Å². The van der Waals surface area contributed by atoms with Crippen LogP contribution in [0.3, 0.4) is 0 Å². The zero-order valence-corrected chi connectivity index (χ0v) is 10.8. The third kappa shape index (κ3) is 4.53. The molecule has 1 saturated carbocycles. The summed E-state index contributed by atoms with van der Waals surface area (Å²) in [6.07, 6.45) is 4.29. The molecule has 0 aromatic rings. The van der Waals surface area contributed by atoms with Crippen LogP contribution < -0.4 is 56.3 Å². The Morgan fingerprint density at radius 2 is 1.73 bits per heavy atom. The zero-order chi connectivity index (χ0) is 7.61. The van der Waals surface area contributed by atoms with E-state index in [-0.39, 0.29) is 51.4 Å². The predicted molar refractivity (Wildman–Crippen MR) is 36.7 cm³/mol. The largest absolute Gasteiger partial charge is 1.00 e. The van der Waals surface area contributed by atoms with Crippen molar-refractivity contribution in [2.24, 2.45) is 0 Å². The average molecular weight is 202 g/mol. The molecule has 0 amide bonds. The molecule has 0 saturated heterocycles. The molecule has 1 fully saturated rings. The molecule has 1 atom stereocenters. The van der Waals surface area contributed by atoms with Gasteiger partial charge in [-0.05, 0) is 12.8 Å². The van der Waals surface area contributed by atoms with Gasteiger partial charge in [0.25, 0.3) is 0 Å². The molecule has 0 aromatic carbocycles. The van der Waals surface area contributed by atoms with Gasteiger partial charge >= 0.3 is 51.4 Å². The van der Waals surface area contributed by atoms with Crippen LogP contribution in [0.1, 0.15) is 32.1 Å². The van der Waals surface area contributed by atoms with E-state index in [4.69, 9.17) is 4.89 Å². The minimum atomic E-state index is -3.99. The first kappa shape index (κ1) is 12.8. The maximum Gasteiger partial charge on any atom is 1.00 e. The van der Waals surface area contributed by atoms with Crippen LogP contribution in [0.15, 0.2) is 0 Å². The van der Waals surface area contributed by atoms with Gasteiger partial charge in [0, 0.05) is 5.66 Å². The zero-order valence-electron chi connectivity index (χ0n) is 6.82. The molecule has 1 unspecified atom stereocenters. The van der Waals surface area contributed by atoms with Crippen LogP contribution in [-0.4, -0.2) is 10.6 Å². The van der Waals surface area contributed by atoms with Crippen LogP contribution in [0, 0.1) is 0 Å². The Morgan fingerprint density at radius 1 is 1.27 bits per heavy atom. The second-order valence-electron chi connectivity index (χ2n) is 2.86. The summed E-state index contributed by atoms with van der Waals surface area (Å²) in [7, 11) is -3.99. The predicted octanol–water partition coefficient (Wildman–Crippen LogP) is -2.13. The monoisotopic (exact) mass is 202 g/mol. The SMILES string of the molecule is O=P([O-])(O)C1CCCCC1.[K+]. The maximum absolute atomic E-state index is 10.6. The summed E-state index contributed by atoms with van der Waals surface area (Å²) in [6, 6.07) is 0. The van der Waals surface area contributed by atoms with Crippen LogP contribution in [0.25, 0.3) is 0 Å². The molecule has 1 aliphatic carbocycles. The molecule has 11 heavy (non-hydrogen) atoms. The molecule has 1 aliphatic rings. The molecular formula is C6H12KO3P. The van der Waals surface area contributed by atoms with Gasteiger partial charge in [-0.1, -0.05) is 19.3 Å². The van der Waals surface area contributed by atoms with Gasteiger partial charge in [0.15, 0.2) is 0 Å². The second-order valence-corrected chi connectivity index (χ2v) is 4.71. The fourth-order valence-electron chi connectivity index (χ4n) is 1.41. The van der Waals surface area contributed by atoms with Crippen molar-refractivity contribution in [3.63, 3.8) is 0 Å². The van der Waals surface area contributed by atoms with Crippen LogP contribution >= 0.6 is 7.60 Å². The first-order chi connectivity index (χ1) is 4.61. The fourth-order valence-corrected chi connectivity index (χ4v) is 2.43. The molecule has 0 spiro atoms. The van der Waals surface area contributed by atoms with E-state index in [1.807, 2.05) is 0 Å². The van der Waals surface area contributed by atoms with Crippen molar-refractivity contribution < 1.29 is 65.7 Å². The molecule has 0 heterocycles. The van der Waals surface area contributed by atoms with Gasteiger partial charge < -0.3 is 14.4 Å². The van der Waals surface area contributed by atoms with Crippen molar-refractivity contribution in [3.05, 3.63) is 0 Å². The number of hydrogen-bond acceptors (Lipinski definition) is 2. The summed E-state index contributed by atoms with van der Waals surface area (Å²) >= 11 is 0. The third-order valence-corrected chi connectivity index (χ3v) is 3.48. The van der Waals surface area contributed by atoms with Crippen LogP contribution in [-0.2, 0) is 4.57 Å².